The van der Waals surface area contributed by atoms with Crippen LogP contribution in [0.3, 0.4) is 0 Å². The molecule has 3 aromatic rings. The molecule has 41 heavy (non-hydrogen) atoms. The predicted octanol–water partition coefficient (Wildman–Crippen LogP) is 4.47. The number of fused-ring (bicyclic) bond motifs is 2. The number of piperidine rings is 1. The molecular formula is C30H41FN5O5+. The monoisotopic (exact) mass is 570 g/mol. The van der Waals surface area contributed by atoms with Gasteiger partial charge in [0.05, 0.1) is 25.3 Å². The van der Waals surface area contributed by atoms with Gasteiger partial charge in [-0.2, -0.15) is 0 Å². The van der Waals surface area contributed by atoms with Gasteiger partial charge in [-0.25, -0.2) is 14.2 Å². The van der Waals surface area contributed by atoms with E-state index in [1.54, 1.807) is 10.6 Å². The fourth-order valence-electron chi connectivity index (χ4n) is 6.24. The molecule has 5 rings (SSSR count). The fraction of sp³-hybridized carbons (Fsp3) is 0.600. The lowest BCUT2D eigenvalue weighted by Crippen LogP contribution is -2.56. The van der Waals surface area contributed by atoms with Crippen molar-refractivity contribution in [1.29, 1.82) is 0 Å². The van der Waals surface area contributed by atoms with Gasteiger partial charge in [0, 0.05) is 61.0 Å². The van der Waals surface area contributed by atoms with E-state index >= 15 is 0 Å². The maximum absolute atomic E-state index is 13.7. The second-order valence-corrected chi connectivity index (χ2v) is 11.6. The number of hydrogen-bond donors (Lipinski definition) is 2. The number of carbonyl (C=O) groups excluding carboxylic acids is 1. The van der Waals surface area contributed by atoms with Crippen molar-refractivity contribution in [3.63, 3.8) is 0 Å². The van der Waals surface area contributed by atoms with Gasteiger partial charge in [0.15, 0.2) is 5.58 Å². The van der Waals surface area contributed by atoms with Gasteiger partial charge in [-0.05, 0) is 38.3 Å². The zero-order valence-corrected chi connectivity index (χ0v) is 24.0. The quantitative estimate of drug-likeness (QED) is 0.273. The number of quaternary nitrogens is 1. The molecule has 1 saturated heterocycles. The Bertz CT molecular complexity index is 1430. The molecule has 1 unspecified atom stereocenters. The molecule has 1 atom stereocenters. The van der Waals surface area contributed by atoms with Gasteiger partial charge in [-0.1, -0.05) is 24.9 Å². The summed E-state index contributed by atoms with van der Waals surface area (Å²) in [4.78, 5) is 30.5. The van der Waals surface area contributed by atoms with E-state index in [0.29, 0.717) is 59.6 Å². The van der Waals surface area contributed by atoms with E-state index in [0.717, 1.165) is 62.7 Å². The maximum atomic E-state index is 13.7. The maximum Gasteiger partial charge on any atom is 0.411 e. The molecule has 11 heteroatoms. The van der Waals surface area contributed by atoms with E-state index in [9.17, 15) is 19.1 Å². The van der Waals surface area contributed by atoms with Crippen LogP contribution in [0.2, 0.25) is 0 Å². The normalized spacial score (nSPS) is 22.4. The molecule has 1 fully saturated rings. The summed E-state index contributed by atoms with van der Waals surface area (Å²) in [5.41, 5.74) is 2.48. The number of hydrogen-bond acceptors (Lipinski definition) is 7. The standard InChI is InChI=1S/C30H40FN5O5/c1-3-4-5-13-32-30(39)40-19-36(17-12-23-20(2)33-28-25(37)7-6-14-35(28)29(23)38)15-10-21(11-16-36)27-24-9-8-22(31)18-26(24)41-34-27/h8-9,18,21,25,37H,3-7,10-17,19H2,1-2H3/p+1. The topological polar surface area (TPSA) is 119 Å². The minimum Gasteiger partial charge on any atom is -0.399 e. The van der Waals surface area contributed by atoms with Gasteiger partial charge in [-0.15, -0.1) is 0 Å². The van der Waals surface area contributed by atoms with Gasteiger partial charge in [-0.3, -0.25) is 13.8 Å². The van der Waals surface area contributed by atoms with E-state index in [2.05, 4.69) is 22.4 Å². The Hall–Kier alpha value is -3.31. The SMILES string of the molecule is CCCCCNC(=O)OC[N+]1(CCc2c(C)nc3n(c2=O)CCCC3O)CCC(c2noc3cc(F)ccc23)CC1. The number of unbranched alkanes of at least 4 members (excludes halogenated alkanes) is 2. The number of alkyl carbamates (subject to hydrolysis) is 1. The third kappa shape index (κ3) is 6.46. The summed E-state index contributed by atoms with van der Waals surface area (Å²) in [5, 5.41) is 18.3. The Morgan fingerprint density at radius 2 is 2.07 bits per heavy atom. The van der Waals surface area contributed by atoms with Crippen molar-refractivity contribution in [2.24, 2.45) is 0 Å². The summed E-state index contributed by atoms with van der Waals surface area (Å²) < 4.78 is 27.0. The number of amides is 1. The number of carbonyl (C=O) groups is 1. The first kappa shape index (κ1) is 29.2. The number of nitrogens with one attached hydrogen (secondary N) is 1. The fourth-order valence-corrected chi connectivity index (χ4v) is 6.24. The van der Waals surface area contributed by atoms with Gasteiger partial charge in [0.2, 0.25) is 6.73 Å². The first-order valence-corrected chi connectivity index (χ1v) is 14.9. The summed E-state index contributed by atoms with van der Waals surface area (Å²) in [6, 6.07) is 4.50. The molecule has 0 saturated carbocycles. The van der Waals surface area contributed by atoms with Crippen LogP contribution < -0.4 is 10.9 Å². The smallest absolute Gasteiger partial charge is 0.399 e. The van der Waals surface area contributed by atoms with Crippen LogP contribution in [-0.2, 0) is 17.7 Å². The molecule has 0 bridgehead atoms. The Balaban J connectivity index is 1.32. The predicted molar refractivity (Wildman–Crippen MR) is 151 cm³/mol. The van der Waals surface area contributed by atoms with Crippen LogP contribution in [0.1, 0.15) is 86.7 Å². The first-order valence-electron chi connectivity index (χ1n) is 14.9. The van der Waals surface area contributed by atoms with Crippen molar-refractivity contribution in [3.05, 3.63) is 57.1 Å². The first-order chi connectivity index (χ1) is 19.8. The van der Waals surface area contributed by atoms with Crippen LogP contribution in [0.5, 0.6) is 0 Å². The highest BCUT2D eigenvalue weighted by molar-refractivity contribution is 5.79. The van der Waals surface area contributed by atoms with E-state index in [-0.39, 0.29) is 24.0 Å². The zero-order valence-electron chi connectivity index (χ0n) is 24.0. The van der Waals surface area contributed by atoms with Crippen LogP contribution in [-0.4, -0.2) is 63.3 Å². The second kappa shape index (κ2) is 12.7. The molecular weight excluding hydrogens is 529 g/mol. The lowest BCUT2D eigenvalue weighted by atomic mass is 9.90. The van der Waals surface area contributed by atoms with Gasteiger partial charge >= 0.3 is 6.09 Å². The molecule has 222 valence electrons. The number of benzene rings is 1. The number of halogens is 1. The Morgan fingerprint density at radius 3 is 2.85 bits per heavy atom. The van der Waals surface area contributed by atoms with Crippen LogP contribution in [0, 0.1) is 12.7 Å². The van der Waals surface area contributed by atoms with Crippen molar-refractivity contribution in [2.75, 3.05) is 32.9 Å². The summed E-state index contributed by atoms with van der Waals surface area (Å²) >= 11 is 0. The number of aliphatic hydroxyl groups is 1. The molecule has 2 N–H and O–H groups in total. The van der Waals surface area contributed by atoms with E-state index in [1.165, 1.54) is 12.1 Å². The van der Waals surface area contributed by atoms with Crippen molar-refractivity contribution in [3.8, 4) is 0 Å². The third-order valence-electron chi connectivity index (χ3n) is 8.76. The second-order valence-electron chi connectivity index (χ2n) is 11.6. The average molecular weight is 571 g/mol. The van der Waals surface area contributed by atoms with Crippen molar-refractivity contribution < 1.29 is 28.0 Å². The average Bonchev–Trinajstić information content (AvgIpc) is 3.38. The van der Waals surface area contributed by atoms with Gasteiger partial charge < -0.3 is 19.7 Å². The lowest BCUT2D eigenvalue weighted by Gasteiger charge is -2.42. The molecule has 0 aliphatic carbocycles. The minimum absolute atomic E-state index is 0.0878. The highest BCUT2D eigenvalue weighted by Gasteiger charge is 2.38. The number of aliphatic hydroxyl groups excluding tert-OH is 1. The van der Waals surface area contributed by atoms with E-state index < -0.39 is 12.2 Å². The summed E-state index contributed by atoms with van der Waals surface area (Å²) in [5.74, 6) is 0.229. The largest absolute Gasteiger partial charge is 0.411 e. The Kier molecular flexibility index (Phi) is 9.03. The molecule has 2 aromatic heterocycles. The van der Waals surface area contributed by atoms with E-state index in [4.69, 9.17) is 9.26 Å². The van der Waals surface area contributed by atoms with Crippen molar-refractivity contribution >= 4 is 17.1 Å². The zero-order chi connectivity index (χ0) is 29.0. The number of nitrogens with zero attached hydrogens (tertiary/aromatic N) is 4. The molecule has 0 radical (unpaired) electrons. The molecule has 10 nitrogen and oxygen atoms in total. The van der Waals surface area contributed by atoms with E-state index in [1.807, 2.05) is 6.92 Å². The molecule has 1 amide bonds. The number of rotatable bonds is 10. The van der Waals surface area contributed by atoms with Crippen LogP contribution >= 0.6 is 0 Å². The van der Waals surface area contributed by atoms with Gasteiger partial charge in [0.1, 0.15) is 17.7 Å². The minimum atomic E-state index is -0.713. The Morgan fingerprint density at radius 1 is 1.27 bits per heavy atom. The molecule has 2 aliphatic rings. The lowest BCUT2D eigenvalue weighted by molar-refractivity contribution is -0.947. The number of ether oxygens (including phenoxy) is 1. The summed E-state index contributed by atoms with van der Waals surface area (Å²) in [6.07, 6.45) is 5.30. The molecule has 2 aliphatic heterocycles. The number of aromatic nitrogens is 3. The van der Waals surface area contributed by atoms with Crippen LogP contribution in [0.15, 0.2) is 27.5 Å². The number of aryl methyl sites for hydroxylation is 1. The third-order valence-corrected chi connectivity index (χ3v) is 8.76. The molecule has 0 spiro atoms. The molecule has 4 heterocycles. The molecule has 1 aromatic carbocycles. The van der Waals surface area contributed by atoms with Crippen LogP contribution in [0.25, 0.3) is 11.0 Å². The summed E-state index contributed by atoms with van der Waals surface area (Å²) in [6.45, 7) is 7.34. The highest BCUT2D eigenvalue weighted by Crippen LogP contribution is 2.35. The summed E-state index contributed by atoms with van der Waals surface area (Å²) in [7, 11) is 0. The van der Waals surface area contributed by atoms with Crippen molar-refractivity contribution in [2.45, 2.75) is 83.8 Å². The van der Waals surface area contributed by atoms with Gasteiger partial charge in [0.25, 0.3) is 5.56 Å². The number of likely N-dealkylation sites (tertiary alicyclic amines) is 1. The van der Waals surface area contributed by atoms with Crippen LogP contribution in [0.4, 0.5) is 9.18 Å². The Labute approximate surface area is 239 Å². The highest BCUT2D eigenvalue weighted by atomic mass is 19.1. The van der Waals surface area contributed by atoms with Crippen molar-refractivity contribution in [1.82, 2.24) is 20.0 Å².